The van der Waals surface area contributed by atoms with Crippen molar-refractivity contribution in [3.05, 3.63) is 83.4 Å². The maximum Gasteiger partial charge on any atom is 0.185 e. The lowest BCUT2D eigenvalue weighted by Gasteiger charge is -1.98. The summed E-state index contributed by atoms with van der Waals surface area (Å²) >= 11 is 0. The molecule has 0 spiro atoms. The highest BCUT2D eigenvalue weighted by molar-refractivity contribution is 6.04. The van der Waals surface area contributed by atoms with Gasteiger partial charge in [0.2, 0.25) is 0 Å². The van der Waals surface area contributed by atoms with Crippen LogP contribution in [0.4, 0.5) is 0 Å². The highest BCUT2D eigenvalue weighted by Gasteiger charge is 1.99. The lowest BCUT2D eigenvalue weighted by atomic mass is 10.1. The van der Waals surface area contributed by atoms with Gasteiger partial charge in [0, 0.05) is 5.56 Å². The Bertz CT molecular complexity index is 647. The number of carbonyl (C=O) groups excluding carboxylic acids is 1. The van der Waals surface area contributed by atoms with Crippen LogP contribution in [0.1, 0.15) is 21.5 Å². The number of aryl methyl sites for hydroxylation is 1. The van der Waals surface area contributed by atoms with Crippen molar-refractivity contribution in [3.63, 3.8) is 0 Å². The van der Waals surface area contributed by atoms with Crippen LogP contribution in [0.15, 0.2) is 66.8 Å². The quantitative estimate of drug-likeness (QED) is 0.458. The molecule has 0 bridgehead atoms. The third-order valence-electron chi connectivity index (χ3n) is 3.10. The van der Waals surface area contributed by atoms with Crippen molar-refractivity contribution in [3.8, 4) is 5.75 Å². The summed E-state index contributed by atoms with van der Waals surface area (Å²) in [6, 6.07) is 15.3. The maximum absolute atomic E-state index is 11.9. The zero-order chi connectivity index (χ0) is 15.1. The van der Waals surface area contributed by atoms with E-state index in [4.69, 9.17) is 4.74 Å². The van der Waals surface area contributed by atoms with Crippen LogP contribution in [0.3, 0.4) is 0 Å². The molecule has 0 unspecified atom stereocenters. The van der Waals surface area contributed by atoms with Crippen molar-refractivity contribution in [2.24, 2.45) is 0 Å². The Balaban J connectivity index is 1.96. The van der Waals surface area contributed by atoms with Crippen LogP contribution in [-0.2, 0) is 0 Å². The van der Waals surface area contributed by atoms with Crippen molar-refractivity contribution >= 4 is 11.9 Å². The number of allylic oxidation sites excluding steroid dienone is 3. The molecule has 0 N–H and O–H groups in total. The highest BCUT2D eigenvalue weighted by Crippen LogP contribution is 2.12. The molecule has 2 nitrogen and oxygen atoms in total. The first-order valence-corrected chi connectivity index (χ1v) is 6.79. The number of benzene rings is 2. The highest BCUT2D eigenvalue weighted by atomic mass is 16.5. The van der Waals surface area contributed by atoms with Gasteiger partial charge in [-0.2, -0.15) is 0 Å². The van der Waals surface area contributed by atoms with Gasteiger partial charge in [0.25, 0.3) is 0 Å². The van der Waals surface area contributed by atoms with Gasteiger partial charge in [-0.25, -0.2) is 0 Å². The van der Waals surface area contributed by atoms with Gasteiger partial charge < -0.3 is 4.74 Å². The molecule has 2 rings (SSSR count). The lowest BCUT2D eigenvalue weighted by Crippen LogP contribution is -1.93. The smallest absolute Gasteiger partial charge is 0.185 e. The van der Waals surface area contributed by atoms with Crippen molar-refractivity contribution in [1.29, 1.82) is 0 Å². The molecule has 0 radical (unpaired) electrons. The molecule has 0 heterocycles. The van der Waals surface area contributed by atoms with Crippen LogP contribution in [0.2, 0.25) is 0 Å². The molecule has 2 aromatic rings. The number of carbonyl (C=O) groups is 1. The minimum atomic E-state index is 0.00869. The molecule has 2 aromatic carbocycles. The molecule has 0 aliphatic rings. The summed E-state index contributed by atoms with van der Waals surface area (Å²) in [6.45, 7) is 2.00. The Morgan fingerprint density at radius 1 is 0.952 bits per heavy atom. The average Bonchev–Trinajstić information content (AvgIpc) is 2.52. The second-order valence-corrected chi connectivity index (χ2v) is 4.72. The van der Waals surface area contributed by atoms with E-state index in [-0.39, 0.29) is 5.78 Å². The van der Waals surface area contributed by atoms with Gasteiger partial charge in [-0.3, -0.25) is 4.79 Å². The first-order valence-electron chi connectivity index (χ1n) is 6.79. The van der Waals surface area contributed by atoms with Crippen LogP contribution in [-0.4, -0.2) is 12.9 Å². The third kappa shape index (κ3) is 4.46. The van der Waals surface area contributed by atoms with Crippen molar-refractivity contribution in [2.75, 3.05) is 7.11 Å². The van der Waals surface area contributed by atoms with E-state index >= 15 is 0 Å². The number of methoxy groups -OCH3 is 1. The molecule has 21 heavy (non-hydrogen) atoms. The van der Waals surface area contributed by atoms with Crippen LogP contribution >= 0.6 is 0 Å². The Labute approximate surface area is 125 Å². The molecule has 2 heteroatoms. The van der Waals surface area contributed by atoms with E-state index in [1.165, 1.54) is 0 Å². The van der Waals surface area contributed by atoms with Crippen molar-refractivity contribution < 1.29 is 9.53 Å². The van der Waals surface area contributed by atoms with Crippen molar-refractivity contribution in [1.82, 2.24) is 0 Å². The van der Waals surface area contributed by atoms with Gasteiger partial charge in [-0.05, 0) is 30.7 Å². The summed E-state index contributed by atoms with van der Waals surface area (Å²) < 4.78 is 5.10. The van der Waals surface area contributed by atoms with E-state index in [2.05, 4.69) is 0 Å². The SMILES string of the molecule is COc1ccc(/C=C/C=C/C(=O)c2ccc(C)cc2)cc1. The fourth-order valence-electron chi connectivity index (χ4n) is 1.84. The predicted octanol–water partition coefficient (Wildman–Crippen LogP) is 4.46. The molecule has 0 aliphatic heterocycles. The third-order valence-corrected chi connectivity index (χ3v) is 3.10. The summed E-state index contributed by atoms with van der Waals surface area (Å²) in [4.78, 5) is 11.9. The summed E-state index contributed by atoms with van der Waals surface area (Å²) in [5.74, 6) is 0.839. The van der Waals surface area contributed by atoms with E-state index < -0.39 is 0 Å². The fourth-order valence-corrected chi connectivity index (χ4v) is 1.84. The van der Waals surface area contributed by atoms with E-state index in [1.807, 2.05) is 67.6 Å². The van der Waals surface area contributed by atoms with Gasteiger partial charge in [0.15, 0.2) is 5.78 Å². The molecule has 0 saturated carbocycles. The first-order chi connectivity index (χ1) is 10.2. The maximum atomic E-state index is 11.9. The second-order valence-electron chi connectivity index (χ2n) is 4.72. The standard InChI is InChI=1S/C19H18O2/c1-15-7-11-17(12-8-15)19(20)6-4-3-5-16-9-13-18(21-2)14-10-16/h3-14H,1-2H3/b5-3+,6-4+. The van der Waals surface area contributed by atoms with Crippen LogP contribution in [0.5, 0.6) is 5.75 Å². The monoisotopic (exact) mass is 278 g/mol. The van der Waals surface area contributed by atoms with Gasteiger partial charge in [0.1, 0.15) is 5.75 Å². The number of ether oxygens (including phenoxy) is 1. The predicted molar refractivity (Wildman–Crippen MR) is 86.7 cm³/mol. The van der Waals surface area contributed by atoms with Gasteiger partial charge in [-0.1, -0.05) is 60.2 Å². The summed E-state index contributed by atoms with van der Waals surface area (Å²) in [6.07, 6.45) is 7.13. The molecular formula is C19H18O2. The lowest BCUT2D eigenvalue weighted by molar-refractivity contribution is 0.104. The zero-order valence-electron chi connectivity index (χ0n) is 12.2. The summed E-state index contributed by atoms with van der Waals surface area (Å²) in [5, 5.41) is 0. The molecule has 0 fully saturated rings. The van der Waals surface area contributed by atoms with E-state index in [1.54, 1.807) is 19.3 Å². The van der Waals surface area contributed by atoms with Crippen LogP contribution in [0.25, 0.3) is 6.08 Å². The Kier molecular flexibility index (Phi) is 5.10. The minimum absolute atomic E-state index is 0.00869. The summed E-state index contributed by atoms with van der Waals surface area (Å²) in [5.41, 5.74) is 2.91. The number of hydrogen-bond acceptors (Lipinski definition) is 2. The number of rotatable bonds is 5. The normalized spacial score (nSPS) is 11.1. The molecule has 0 aromatic heterocycles. The topological polar surface area (TPSA) is 26.3 Å². The molecule has 0 saturated heterocycles. The zero-order valence-corrected chi connectivity index (χ0v) is 12.2. The van der Waals surface area contributed by atoms with E-state index in [0.29, 0.717) is 5.56 Å². The van der Waals surface area contributed by atoms with Gasteiger partial charge >= 0.3 is 0 Å². The van der Waals surface area contributed by atoms with Gasteiger partial charge in [-0.15, -0.1) is 0 Å². The molecule has 0 aliphatic carbocycles. The fraction of sp³-hybridized carbons (Fsp3) is 0.105. The largest absolute Gasteiger partial charge is 0.497 e. The Hall–Kier alpha value is -2.61. The number of hydrogen-bond donors (Lipinski definition) is 0. The Morgan fingerprint density at radius 2 is 1.62 bits per heavy atom. The molecular weight excluding hydrogens is 260 g/mol. The molecule has 0 amide bonds. The minimum Gasteiger partial charge on any atom is -0.497 e. The Morgan fingerprint density at radius 3 is 2.24 bits per heavy atom. The first kappa shape index (κ1) is 14.8. The van der Waals surface area contributed by atoms with Crippen LogP contribution < -0.4 is 4.74 Å². The average molecular weight is 278 g/mol. The number of ketones is 1. The molecule has 0 atom stereocenters. The van der Waals surface area contributed by atoms with E-state index in [9.17, 15) is 4.79 Å². The van der Waals surface area contributed by atoms with Gasteiger partial charge in [0.05, 0.1) is 7.11 Å². The summed E-state index contributed by atoms with van der Waals surface area (Å²) in [7, 11) is 1.64. The van der Waals surface area contributed by atoms with Crippen molar-refractivity contribution in [2.45, 2.75) is 6.92 Å². The second kappa shape index (κ2) is 7.25. The van der Waals surface area contributed by atoms with E-state index in [0.717, 1.165) is 16.9 Å². The van der Waals surface area contributed by atoms with Crippen LogP contribution in [0, 0.1) is 6.92 Å². The molecule has 106 valence electrons.